The largest absolute Gasteiger partial charge is 0.385 e. The molecule has 0 unspecified atom stereocenters. The molecule has 0 aliphatic rings. The zero-order valence-corrected chi connectivity index (χ0v) is 11.4. The maximum Gasteiger partial charge on any atom is 0.231 e. The van der Waals surface area contributed by atoms with E-state index in [9.17, 15) is 0 Å². The van der Waals surface area contributed by atoms with E-state index >= 15 is 0 Å². The molecule has 0 fully saturated rings. The molecule has 1 heterocycles. The first-order valence-electron chi connectivity index (χ1n) is 5.33. The van der Waals surface area contributed by atoms with Gasteiger partial charge in [-0.3, -0.25) is 0 Å². The number of aromatic nitrogens is 3. The van der Waals surface area contributed by atoms with Gasteiger partial charge in [-0.15, -0.1) is 0 Å². The Morgan fingerprint density at radius 2 is 1.76 bits per heavy atom. The van der Waals surface area contributed by atoms with Crippen LogP contribution in [0.2, 0.25) is 5.28 Å². The third-order valence-corrected chi connectivity index (χ3v) is 2.34. The summed E-state index contributed by atoms with van der Waals surface area (Å²) in [6.07, 6.45) is 0.910. The molecule has 0 spiro atoms. The van der Waals surface area contributed by atoms with E-state index in [4.69, 9.17) is 16.3 Å². The van der Waals surface area contributed by atoms with Crippen molar-refractivity contribution in [3.05, 3.63) is 5.28 Å². The lowest BCUT2D eigenvalue weighted by Crippen LogP contribution is -2.24. The van der Waals surface area contributed by atoms with Crippen LogP contribution in [0.15, 0.2) is 0 Å². The molecule has 0 N–H and O–H groups in total. The molecule has 0 amide bonds. The van der Waals surface area contributed by atoms with Crippen LogP contribution in [-0.2, 0) is 4.74 Å². The predicted molar refractivity (Wildman–Crippen MR) is 68.9 cm³/mol. The van der Waals surface area contributed by atoms with Crippen molar-refractivity contribution in [2.45, 2.75) is 6.42 Å². The van der Waals surface area contributed by atoms with Gasteiger partial charge in [-0.05, 0) is 18.0 Å². The minimum absolute atomic E-state index is 0.206. The fourth-order valence-corrected chi connectivity index (χ4v) is 1.40. The Labute approximate surface area is 107 Å². The van der Waals surface area contributed by atoms with Crippen LogP contribution >= 0.6 is 11.6 Å². The fraction of sp³-hybridized carbons (Fsp3) is 0.700. The summed E-state index contributed by atoms with van der Waals surface area (Å²) < 4.78 is 5.00. The zero-order valence-electron chi connectivity index (χ0n) is 10.6. The summed E-state index contributed by atoms with van der Waals surface area (Å²) in [4.78, 5) is 16.2. The lowest BCUT2D eigenvalue weighted by molar-refractivity contribution is 0.196. The molecule has 1 aromatic rings. The molecule has 1 aromatic heterocycles. The third kappa shape index (κ3) is 4.32. The zero-order chi connectivity index (χ0) is 12.8. The van der Waals surface area contributed by atoms with Gasteiger partial charge in [0.05, 0.1) is 0 Å². The smallest absolute Gasteiger partial charge is 0.231 e. The minimum atomic E-state index is 0.206. The Kier molecular flexibility index (Phi) is 5.37. The molecule has 0 radical (unpaired) electrons. The average molecular weight is 260 g/mol. The highest BCUT2D eigenvalue weighted by Gasteiger charge is 2.10. The maximum atomic E-state index is 5.86. The van der Waals surface area contributed by atoms with Gasteiger partial charge in [-0.2, -0.15) is 15.0 Å². The van der Waals surface area contributed by atoms with Crippen LogP contribution in [0, 0.1) is 0 Å². The Balaban J connectivity index is 2.75. The quantitative estimate of drug-likeness (QED) is 0.712. The lowest BCUT2D eigenvalue weighted by Gasteiger charge is -2.18. The molecular formula is C10H18ClN5O. The van der Waals surface area contributed by atoms with Crippen molar-refractivity contribution < 1.29 is 4.74 Å². The molecule has 17 heavy (non-hydrogen) atoms. The van der Waals surface area contributed by atoms with E-state index in [-0.39, 0.29) is 5.28 Å². The second-order valence-corrected chi connectivity index (χ2v) is 4.20. The average Bonchev–Trinajstić information content (AvgIpc) is 2.28. The molecule has 0 bridgehead atoms. The summed E-state index contributed by atoms with van der Waals surface area (Å²) in [5.41, 5.74) is 0. The number of rotatable bonds is 6. The molecule has 6 nitrogen and oxygen atoms in total. The number of anilines is 2. The predicted octanol–water partition coefficient (Wildman–Crippen LogP) is 1.06. The SMILES string of the molecule is COCCCN(C)c1nc(Cl)nc(N(C)C)n1. The van der Waals surface area contributed by atoms with Crippen molar-refractivity contribution in [1.82, 2.24) is 15.0 Å². The van der Waals surface area contributed by atoms with Gasteiger partial charge in [-0.1, -0.05) is 0 Å². The minimum Gasteiger partial charge on any atom is -0.385 e. The van der Waals surface area contributed by atoms with E-state index in [0.717, 1.165) is 13.0 Å². The van der Waals surface area contributed by atoms with Crippen LogP contribution < -0.4 is 9.80 Å². The summed E-state index contributed by atoms with van der Waals surface area (Å²) in [5.74, 6) is 1.13. The summed E-state index contributed by atoms with van der Waals surface area (Å²) >= 11 is 5.86. The van der Waals surface area contributed by atoms with Gasteiger partial charge in [0.1, 0.15) is 0 Å². The van der Waals surface area contributed by atoms with E-state index in [0.29, 0.717) is 18.5 Å². The normalized spacial score (nSPS) is 10.4. The molecule has 0 aromatic carbocycles. The Bertz CT molecular complexity index is 361. The Hall–Kier alpha value is -1.14. The van der Waals surface area contributed by atoms with Crippen molar-refractivity contribution in [3.8, 4) is 0 Å². The van der Waals surface area contributed by atoms with Crippen LogP contribution in [0.25, 0.3) is 0 Å². The summed E-state index contributed by atoms with van der Waals surface area (Å²) in [6, 6.07) is 0. The number of ether oxygens (including phenoxy) is 1. The number of halogens is 1. The first-order valence-corrected chi connectivity index (χ1v) is 5.71. The lowest BCUT2D eigenvalue weighted by atomic mass is 10.4. The second-order valence-electron chi connectivity index (χ2n) is 3.87. The van der Waals surface area contributed by atoms with Crippen molar-refractivity contribution >= 4 is 23.5 Å². The van der Waals surface area contributed by atoms with E-state index in [1.807, 2.05) is 26.0 Å². The highest BCUT2D eigenvalue weighted by molar-refractivity contribution is 6.28. The molecule has 1 rings (SSSR count). The van der Waals surface area contributed by atoms with Gasteiger partial charge in [0, 0.05) is 41.4 Å². The van der Waals surface area contributed by atoms with Crippen molar-refractivity contribution in [2.75, 3.05) is 51.2 Å². The molecule has 96 valence electrons. The van der Waals surface area contributed by atoms with E-state index in [1.54, 1.807) is 12.0 Å². The van der Waals surface area contributed by atoms with Crippen molar-refractivity contribution in [1.29, 1.82) is 0 Å². The monoisotopic (exact) mass is 259 g/mol. The van der Waals surface area contributed by atoms with Crippen LogP contribution in [0.1, 0.15) is 6.42 Å². The molecule has 0 aliphatic carbocycles. The molecule has 0 saturated heterocycles. The molecule has 7 heteroatoms. The van der Waals surface area contributed by atoms with E-state index in [2.05, 4.69) is 15.0 Å². The van der Waals surface area contributed by atoms with Crippen LogP contribution in [-0.4, -0.2) is 56.4 Å². The number of hydrogen-bond donors (Lipinski definition) is 0. The van der Waals surface area contributed by atoms with Crippen LogP contribution in [0.3, 0.4) is 0 Å². The molecule has 0 saturated carbocycles. The Morgan fingerprint density at radius 3 is 2.35 bits per heavy atom. The summed E-state index contributed by atoms with van der Waals surface area (Å²) in [7, 11) is 7.32. The standard InChI is InChI=1S/C10H18ClN5O/c1-15(2)9-12-8(11)13-10(14-9)16(3)6-5-7-17-4/h5-7H2,1-4H3. The number of nitrogens with zero attached hydrogens (tertiary/aromatic N) is 5. The number of methoxy groups -OCH3 is 1. The topological polar surface area (TPSA) is 54.4 Å². The first kappa shape index (κ1) is 13.9. The van der Waals surface area contributed by atoms with Gasteiger partial charge in [0.15, 0.2) is 0 Å². The molecule has 0 atom stereocenters. The maximum absolute atomic E-state index is 5.86. The summed E-state index contributed by atoms with van der Waals surface area (Å²) in [5, 5.41) is 0.206. The molecule has 0 aliphatic heterocycles. The second kappa shape index (κ2) is 6.56. The van der Waals surface area contributed by atoms with Gasteiger partial charge in [0.25, 0.3) is 0 Å². The van der Waals surface area contributed by atoms with E-state index in [1.165, 1.54) is 0 Å². The van der Waals surface area contributed by atoms with Gasteiger partial charge in [0.2, 0.25) is 17.2 Å². The highest BCUT2D eigenvalue weighted by atomic mass is 35.5. The van der Waals surface area contributed by atoms with E-state index < -0.39 is 0 Å². The van der Waals surface area contributed by atoms with Gasteiger partial charge in [-0.25, -0.2) is 0 Å². The molecular weight excluding hydrogens is 242 g/mol. The van der Waals surface area contributed by atoms with Crippen LogP contribution in [0.4, 0.5) is 11.9 Å². The highest BCUT2D eigenvalue weighted by Crippen LogP contribution is 2.14. The van der Waals surface area contributed by atoms with Crippen molar-refractivity contribution in [3.63, 3.8) is 0 Å². The van der Waals surface area contributed by atoms with Gasteiger partial charge < -0.3 is 14.5 Å². The van der Waals surface area contributed by atoms with Crippen molar-refractivity contribution in [2.24, 2.45) is 0 Å². The summed E-state index contributed by atoms with van der Waals surface area (Å²) in [6.45, 7) is 1.52. The van der Waals surface area contributed by atoms with Gasteiger partial charge >= 0.3 is 0 Å². The number of hydrogen-bond acceptors (Lipinski definition) is 6. The fourth-order valence-electron chi connectivity index (χ4n) is 1.25. The van der Waals surface area contributed by atoms with Crippen LogP contribution in [0.5, 0.6) is 0 Å². The first-order chi connectivity index (χ1) is 8.04. The Morgan fingerprint density at radius 1 is 1.12 bits per heavy atom. The third-order valence-electron chi connectivity index (χ3n) is 2.17.